The Kier molecular flexibility index (Phi) is 6.19. The molecule has 1 amide bonds. The van der Waals surface area contributed by atoms with Crippen LogP contribution in [0.15, 0.2) is 35.9 Å². The number of carbonyl (C=O) groups excluding carboxylic acids is 6. The van der Waals surface area contributed by atoms with Crippen molar-refractivity contribution in [1.82, 2.24) is 0 Å². The molecule has 1 aromatic rings. The number of nitrogens with one attached hydrogen (secondary N) is 1. The summed E-state index contributed by atoms with van der Waals surface area (Å²) in [6.07, 6.45) is 5.75. The minimum absolute atomic E-state index is 0.00355. The van der Waals surface area contributed by atoms with E-state index >= 15 is 0 Å². The van der Waals surface area contributed by atoms with E-state index in [1.54, 1.807) is 45.1 Å². The minimum Gasteiger partial charge on any atom is -0.505 e. The van der Waals surface area contributed by atoms with Gasteiger partial charge in [-0.2, -0.15) is 0 Å². The van der Waals surface area contributed by atoms with Crippen molar-refractivity contribution in [2.24, 2.45) is 34.5 Å². The van der Waals surface area contributed by atoms with Crippen molar-refractivity contribution < 1.29 is 39.0 Å². The Bertz CT molecular complexity index is 1480. The monoisotopic (exact) mass is 547 g/mol. The Morgan fingerprint density at radius 3 is 2.33 bits per heavy atom. The maximum Gasteiger partial charge on any atom is 0.252 e. The van der Waals surface area contributed by atoms with E-state index in [1.165, 1.54) is 13.0 Å². The summed E-state index contributed by atoms with van der Waals surface area (Å²) >= 11 is 0. The molecule has 9 heteroatoms. The molecule has 2 saturated carbocycles. The van der Waals surface area contributed by atoms with Gasteiger partial charge in [0.25, 0.3) is 5.91 Å². The highest BCUT2D eigenvalue weighted by atomic mass is 16.3. The molecule has 9 nitrogen and oxygen atoms in total. The van der Waals surface area contributed by atoms with Crippen LogP contribution in [0.4, 0.5) is 5.69 Å². The maximum absolute atomic E-state index is 14.3. The van der Waals surface area contributed by atoms with Gasteiger partial charge in [-0.25, -0.2) is 0 Å². The highest BCUT2D eigenvalue weighted by molar-refractivity contribution is 6.32. The molecule has 0 saturated heterocycles. The SMILES string of the molecule is CC(=O)C1C(=O)C(C(C)C)[C@@]2(C)C[C@@]3(C)Cc4ccc(NC(=O)C5=CC=CC5)c(O)c4C(=O)C3C(=O)[C@@]2(O)C1=O. The lowest BCUT2D eigenvalue weighted by atomic mass is 9.40. The smallest absolute Gasteiger partial charge is 0.252 e. The molecule has 2 fully saturated rings. The number of Topliss-reactive ketones (excluding diaryl/α,β-unsaturated/α-hetero) is 5. The third-order valence-corrected chi connectivity index (χ3v) is 9.56. The molecule has 0 aromatic heterocycles. The van der Waals surface area contributed by atoms with Gasteiger partial charge in [0.15, 0.2) is 28.7 Å². The first kappa shape index (κ1) is 27.8. The molecule has 0 heterocycles. The first-order valence-electron chi connectivity index (χ1n) is 13.5. The molecule has 4 aliphatic carbocycles. The lowest BCUT2D eigenvalue weighted by molar-refractivity contribution is -0.205. The Labute approximate surface area is 231 Å². The van der Waals surface area contributed by atoms with Gasteiger partial charge in [-0.1, -0.05) is 52.0 Å². The van der Waals surface area contributed by atoms with Crippen molar-refractivity contribution in [3.63, 3.8) is 0 Å². The number of benzene rings is 1. The zero-order valence-corrected chi connectivity index (χ0v) is 23.2. The van der Waals surface area contributed by atoms with Gasteiger partial charge in [0.2, 0.25) is 0 Å². The molecular formula is C31H33NO8. The molecule has 0 aliphatic heterocycles. The summed E-state index contributed by atoms with van der Waals surface area (Å²) in [6, 6.07) is 3.11. The van der Waals surface area contributed by atoms with E-state index in [0.29, 0.717) is 17.6 Å². The molecule has 0 radical (unpaired) electrons. The number of carbonyl (C=O) groups is 6. The maximum atomic E-state index is 14.3. The number of rotatable bonds is 4. The van der Waals surface area contributed by atoms with Crippen LogP contribution in [0.3, 0.4) is 0 Å². The van der Waals surface area contributed by atoms with Gasteiger partial charge in [0.05, 0.1) is 17.2 Å². The Morgan fingerprint density at radius 2 is 1.75 bits per heavy atom. The average molecular weight is 548 g/mol. The topological polar surface area (TPSA) is 155 Å². The number of anilines is 1. The second-order valence-corrected chi connectivity index (χ2v) is 12.6. The molecule has 4 aliphatic rings. The predicted molar refractivity (Wildman–Crippen MR) is 143 cm³/mol. The second-order valence-electron chi connectivity index (χ2n) is 12.6. The third kappa shape index (κ3) is 3.49. The molecular weight excluding hydrogens is 514 g/mol. The molecule has 3 unspecified atom stereocenters. The second kappa shape index (κ2) is 8.89. The molecule has 210 valence electrons. The van der Waals surface area contributed by atoms with E-state index in [2.05, 4.69) is 5.32 Å². The number of allylic oxidation sites excluding steroid dienone is 3. The first-order chi connectivity index (χ1) is 18.6. The van der Waals surface area contributed by atoms with Gasteiger partial charge >= 0.3 is 0 Å². The van der Waals surface area contributed by atoms with Crippen molar-refractivity contribution >= 4 is 40.5 Å². The first-order valence-corrected chi connectivity index (χ1v) is 13.5. The van der Waals surface area contributed by atoms with Crippen LogP contribution in [0, 0.1) is 34.5 Å². The van der Waals surface area contributed by atoms with Gasteiger partial charge in [-0.15, -0.1) is 0 Å². The van der Waals surface area contributed by atoms with Gasteiger partial charge in [0, 0.05) is 16.9 Å². The molecule has 3 N–H and O–H groups in total. The quantitative estimate of drug-likeness (QED) is 0.384. The van der Waals surface area contributed by atoms with E-state index < -0.39 is 80.7 Å². The molecule has 40 heavy (non-hydrogen) atoms. The molecule has 0 bridgehead atoms. The lowest BCUT2D eigenvalue weighted by Crippen LogP contribution is -2.76. The Morgan fingerprint density at radius 1 is 1.07 bits per heavy atom. The summed E-state index contributed by atoms with van der Waals surface area (Å²) in [6.45, 7) is 7.82. The van der Waals surface area contributed by atoms with Crippen LogP contribution in [0.1, 0.15) is 63.4 Å². The standard InChI is InChI=1S/C31H33NO8/c1-14(2)21-24(35)19(15(3)33)26(37)31(40)27(38)22-25(36)20-17(12-29(22,4)13-30(21,31)5)10-11-18(23(20)34)32-28(39)16-8-6-7-9-16/h6-8,10-11,14,19,21-22,34,40H,9,12-13H2,1-5H3,(H,32,39)/t19?,21?,22?,29-,30-,31+/m1/s1. The lowest BCUT2D eigenvalue weighted by Gasteiger charge is -2.61. The normalized spacial score (nSPS) is 34.8. The number of hydrogen-bond donors (Lipinski definition) is 3. The number of phenols is 1. The van der Waals surface area contributed by atoms with E-state index in [4.69, 9.17) is 0 Å². The number of aromatic hydroxyl groups is 1. The van der Waals surface area contributed by atoms with E-state index in [1.807, 2.05) is 0 Å². The number of aliphatic hydroxyl groups is 1. The van der Waals surface area contributed by atoms with Crippen LogP contribution in [-0.2, 0) is 30.4 Å². The Hall–Kier alpha value is -3.72. The minimum atomic E-state index is -2.74. The largest absolute Gasteiger partial charge is 0.505 e. The van der Waals surface area contributed by atoms with Crippen LogP contribution in [0.5, 0.6) is 5.75 Å². The summed E-state index contributed by atoms with van der Waals surface area (Å²) in [4.78, 5) is 80.6. The number of fused-ring (bicyclic) bond motifs is 3. The fraction of sp³-hybridized carbons (Fsp3) is 0.484. The molecule has 6 atom stereocenters. The van der Waals surface area contributed by atoms with Crippen molar-refractivity contribution in [3.05, 3.63) is 47.1 Å². The zero-order valence-electron chi connectivity index (χ0n) is 23.2. The fourth-order valence-electron chi connectivity index (χ4n) is 8.05. The van der Waals surface area contributed by atoms with Gasteiger partial charge in [0.1, 0.15) is 17.5 Å². The number of hydrogen-bond acceptors (Lipinski definition) is 8. The van der Waals surface area contributed by atoms with Crippen LogP contribution < -0.4 is 5.32 Å². The predicted octanol–water partition coefficient (Wildman–Crippen LogP) is 2.92. The summed E-state index contributed by atoms with van der Waals surface area (Å²) in [5, 5.41) is 25.8. The summed E-state index contributed by atoms with van der Waals surface area (Å²) in [5.74, 6) is -10.00. The van der Waals surface area contributed by atoms with Gasteiger partial charge < -0.3 is 15.5 Å². The van der Waals surface area contributed by atoms with Gasteiger partial charge in [-0.3, -0.25) is 28.8 Å². The number of phenolic OH excluding ortho intramolecular Hbond substituents is 1. The van der Waals surface area contributed by atoms with Gasteiger partial charge in [-0.05, 0) is 49.1 Å². The fourth-order valence-corrected chi connectivity index (χ4v) is 8.05. The number of amides is 1. The summed E-state index contributed by atoms with van der Waals surface area (Å²) < 4.78 is 0. The molecule has 0 spiro atoms. The molecule has 1 aromatic carbocycles. The third-order valence-electron chi connectivity index (χ3n) is 9.56. The number of ketones is 5. The molecule has 5 rings (SSSR count). The zero-order chi connectivity index (χ0) is 29.5. The highest BCUT2D eigenvalue weighted by Crippen LogP contribution is 2.63. The summed E-state index contributed by atoms with van der Waals surface area (Å²) in [5.41, 5.74) is -4.61. The summed E-state index contributed by atoms with van der Waals surface area (Å²) in [7, 11) is 0. The Balaban J connectivity index is 1.62. The van der Waals surface area contributed by atoms with Crippen molar-refractivity contribution in [1.29, 1.82) is 0 Å². The van der Waals surface area contributed by atoms with E-state index in [-0.39, 0.29) is 24.1 Å². The van der Waals surface area contributed by atoms with Crippen molar-refractivity contribution in [2.45, 2.75) is 59.5 Å². The van der Waals surface area contributed by atoms with Crippen LogP contribution in [0.2, 0.25) is 0 Å². The van der Waals surface area contributed by atoms with E-state index in [0.717, 1.165) is 6.92 Å². The van der Waals surface area contributed by atoms with E-state index in [9.17, 15) is 39.0 Å². The van der Waals surface area contributed by atoms with Crippen LogP contribution in [0.25, 0.3) is 0 Å². The average Bonchev–Trinajstić information content (AvgIpc) is 3.38. The van der Waals surface area contributed by atoms with Crippen molar-refractivity contribution in [3.8, 4) is 5.75 Å². The van der Waals surface area contributed by atoms with Crippen molar-refractivity contribution in [2.75, 3.05) is 5.32 Å². The highest BCUT2D eigenvalue weighted by Gasteiger charge is 2.76. The van der Waals surface area contributed by atoms with Crippen LogP contribution in [-0.4, -0.2) is 50.6 Å². The van der Waals surface area contributed by atoms with Crippen LogP contribution >= 0.6 is 0 Å².